The lowest BCUT2D eigenvalue weighted by Crippen LogP contribution is -2.00. The van der Waals surface area contributed by atoms with Crippen molar-refractivity contribution < 1.29 is 5.11 Å². The highest BCUT2D eigenvalue weighted by Crippen LogP contribution is 2.21. The quantitative estimate of drug-likeness (QED) is 0.774. The third-order valence-corrected chi connectivity index (χ3v) is 3.55. The van der Waals surface area contributed by atoms with Crippen LogP contribution in [0.5, 0.6) is 0 Å². The second kappa shape index (κ2) is 5.85. The van der Waals surface area contributed by atoms with Gasteiger partial charge in [-0.15, -0.1) is 0 Å². The average molecular weight is 263 g/mol. The molecule has 1 heterocycles. The SMILES string of the molecule is OC(CCc1ccccc1)c1cnc2ccccc2c1. The Hall–Kier alpha value is -2.19. The highest BCUT2D eigenvalue weighted by Gasteiger charge is 2.09. The minimum absolute atomic E-state index is 0.465. The van der Waals surface area contributed by atoms with Crippen LogP contribution in [0.3, 0.4) is 0 Å². The first-order valence-corrected chi connectivity index (χ1v) is 6.89. The van der Waals surface area contributed by atoms with Crippen molar-refractivity contribution in [1.29, 1.82) is 0 Å². The number of aliphatic hydroxyl groups is 1. The van der Waals surface area contributed by atoms with Gasteiger partial charge in [-0.05, 0) is 36.1 Å². The molecule has 0 spiro atoms. The van der Waals surface area contributed by atoms with Crippen LogP contribution in [0, 0.1) is 0 Å². The molecule has 0 saturated carbocycles. The molecule has 20 heavy (non-hydrogen) atoms. The van der Waals surface area contributed by atoms with Crippen molar-refractivity contribution >= 4 is 10.9 Å². The summed E-state index contributed by atoms with van der Waals surface area (Å²) in [6, 6.07) is 20.2. The predicted molar refractivity (Wildman–Crippen MR) is 81.5 cm³/mol. The molecule has 3 rings (SSSR count). The monoisotopic (exact) mass is 263 g/mol. The summed E-state index contributed by atoms with van der Waals surface area (Å²) in [6.45, 7) is 0. The van der Waals surface area contributed by atoms with E-state index in [9.17, 15) is 5.11 Å². The van der Waals surface area contributed by atoms with E-state index in [-0.39, 0.29) is 0 Å². The fourth-order valence-corrected chi connectivity index (χ4v) is 2.39. The van der Waals surface area contributed by atoms with Crippen molar-refractivity contribution in [2.24, 2.45) is 0 Å². The minimum Gasteiger partial charge on any atom is -0.388 e. The number of para-hydroxylation sites is 1. The molecule has 1 aromatic heterocycles. The number of benzene rings is 2. The summed E-state index contributed by atoms with van der Waals surface area (Å²) in [4.78, 5) is 4.40. The summed E-state index contributed by atoms with van der Waals surface area (Å²) in [7, 11) is 0. The van der Waals surface area contributed by atoms with E-state index in [4.69, 9.17) is 0 Å². The molecule has 1 unspecified atom stereocenters. The van der Waals surface area contributed by atoms with Crippen molar-refractivity contribution in [3.05, 3.63) is 78.0 Å². The van der Waals surface area contributed by atoms with Gasteiger partial charge in [-0.2, -0.15) is 0 Å². The predicted octanol–water partition coefficient (Wildman–Crippen LogP) is 3.90. The maximum absolute atomic E-state index is 10.3. The van der Waals surface area contributed by atoms with Gasteiger partial charge in [-0.3, -0.25) is 4.98 Å². The Morgan fingerprint density at radius 3 is 2.55 bits per heavy atom. The van der Waals surface area contributed by atoms with E-state index in [0.717, 1.165) is 22.9 Å². The van der Waals surface area contributed by atoms with E-state index < -0.39 is 6.10 Å². The number of fused-ring (bicyclic) bond motifs is 1. The second-order valence-electron chi connectivity index (χ2n) is 5.00. The van der Waals surface area contributed by atoms with E-state index >= 15 is 0 Å². The van der Waals surface area contributed by atoms with Gasteiger partial charge in [-0.25, -0.2) is 0 Å². The van der Waals surface area contributed by atoms with Crippen molar-refractivity contribution in [2.75, 3.05) is 0 Å². The number of hydrogen-bond donors (Lipinski definition) is 1. The number of aliphatic hydroxyl groups excluding tert-OH is 1. The zero-order chi connectivity index (χ0) is 13.8. The first-order chi connectivity index (χ1) is 9.83. The summed E-state index contributed by atoms with van der Waals surface area (Å²) in [5, 5.41) is 11.4. The van der Waals surface area contributed by atoms with Crippen molar-refractivity contribution in [3.63, 3.8) is 0 Å². The van der Waals surface area contributed by atoms with Crippen LogP contribution < -0.4 is 0 Å². The molecule has 1 atom stereocenters. The Kier molecular flexibility index (Phi) is 3.75. The van der Waals surface area contributed by atoms with Gasteiger partial charge in [0.15, 0.2) is 0 Å². The van der Waals surface area contributed by atoms with Gasteiger partial charge < -0.3 is 5.11 Å². The molecule has 0 saturated heterocycles. The van der Waals surface area contributed by atoms with Gasteiger partial charge in [0.1, 0.15) is 0 Å². The molecule has 0 amide bonds. The third-order valence-electron chi connectivity index (χ3n) is 3.55. The number of nitrogens with zero attached hydrogens (tertiary/aromatic N) is 1. The largest absolute Gasteiger partial charge is 0.388 e. The Labute approximate surface area is 118 Å². The number of aryl methyl sites for hydroxylation is 1. The van der Waals surface area contributed by atoms with Gasteiger partial charge in [0.2, 0.25) is 0 Å². The average Bonchev–Trinajstić information content (AvgIpc) is 2.53. The summed E-state index contributed by atoms with van der Waals surface area (Å²) in [5.41, 5.74) is 3.10. The van der Waals surface area contributed by atoms with Crippen molar-refractivity contribution in [1.82, 2.24) is 4.98 Å². The first-order valence-electron chi connectivity index (χ1n) is 6.89. The van der Waals surface area contributed by atoms with Crippen LogP contribution in [-0.2, 0) is 6.42 Å². The Bertz CT molecular complexity index is 694. The number of rotatable bonds is 4. The van der Waals surface area contributed by atoms with E-state index in [1.807, 2.05) is 48.5 Å². The van der Waals surface area contributed by atoms with Crippen LogP contribution in [-0.4, -0.2) is 10.1 Å². The molecule has 0 aliphatic carbocycles. The van der Waals surface area contributed by atoms with Gasteiger partial charge >= 0.3 is 0 Å². The fraction of sp³-hybridized carbons (Fsp3) is 0.167. The topological polar surface area (TPSA) is 33.1 Å². The van der Waals surface area contributed by atoms with Crippen LogP contribution in [0.15, 0.2) is 66.9 Å². The van der Waals surface area contributed by atoms with Crippen LogP contribution in [0.2, 0.25) is 0 Å². The van der Waals surface area contributed by atoms with Gasteiger partial charge in [-0.1, -0.05) is 48.5 Å². The number of pyridine rings is 1. The zero-order valence-electron chi connectivity index (χ0n) is 11.2. The first kappa shape index (κ1) is 12.8. The lowest BCUT2D eigenvalue weighted by atomic mass is 10.0. The standard InChI is InChI=1S/C18H17NO/c20-18(11-10-14-6-2-1-3-7-14)16-12-15-8-4-5-9-17(15)19-13-16/h1-9,12-13,18,20H,10-11H2. The summed E-state index contributed by atoms with van der Waals surface area (Å²) in [6.07, 6.45) is 2.89. The highest BCUT2D eigenvalue weighted by molar-refractivity contribution is 5.78. The molecule has 1 N–H and O–H groups in total. The summed E-state index contributed by atoms with van der Waals surface area (Å²) >= 11 is 0. The van der Waals surface area contributed by atoms with Gasteiger partial charge in [0, 0.05) is 11.6 Å². The van der Waals surface area contributed by atoms with Crippen molar-refractivity contribution in [2.45, 2.75) is 18.9 Å². The maximum Gasteiger partial charge on any atom is 0.0808 e. The molecular weight excluding hydrogens is 246 g/mol. The molecule has 0 radical (unpaired) electrons. The Morgan fingerprint density at radius 1 is 0.950 bits per heavy atom. The highest BCUT2D eigenvalue weighted by atomic mass is 16.3. The van der Waals surface area contributed by atoms with E-state index in [2.05, 4.69) is 17.1 Å². The van der Waals surface area contributed by atoms with Crippen LogP contribution >= 0.6 is 0 Å². The second-order valence-corrected chi connectivity index (χ2v) is 5.00. The normalized spacial score (nSPS) is 12.4. The summed E-state index contributed by atoms with van der Waals surface area (Å²) in [5.74, 6) is 0. The molecule has 0 bridgehead atoms. The molecule has 2 nitrogen and oxygen atoms in total. The zero-order valence-corrected chi connectivity index (χ0v) is 11.2. The Morgan fingerprint density at radius 2 is 1.70 bits per heavy atom. The fourth-order valence-electron chi connectivity index (χ4n) is 2.39. The van der Waals surface area contributed by atoms with Crippen molar-refractivity contribution in [3.8, 4) is 0 Å². The summed E-state index contributed by atoms with van der Waals surface area (Å²) < 4.78 is 0. The number of aromatic nitrogens is 1. The minimum atomic E-state index is -0.465. The van der Waals surface area contributed by atoms with E-state index in [1.165, 1.54) is 5.56 Å². The molecule has 100 valence electrons. The molecule has 3 aromatic rings. The van der Waals surface area contributed by atoms with E-state index in [1.54, 1.807) is 6.20 Å². The lowest BCUT2D eigenvalue weighted by Gasteiger charge is -2.11. The van der Waals surface area contributed by atoms with Gasteiger partial charge in [0.25, 0.3) is 0 Å². The molecule has 2 heteroatoms. The molecule has 0 aliphatic heterocycles. The van der Waals surface area contributed by atoms with Crippen LogP contribution in [0.25, 0.3) is 10.9 Å². The molecule has 0 fully saturated rings. The third kappa shape index (κ3) is 2.86. The van der Waals surface area contributed by atoms with Crippen LogP contribution in [0.4, 0.5) is 0 Å². The molecule has 2 aromatic carbocycles. The van der Waals surface area contributed by atoms with Gasteiger partial charge in [0.05, 0.1) is 11.6 Å². The smallest absolute Gasteiger partial charge is 0.0808 e. The molecule has 0 aliphatic rings. The van der Waals surface area contributed by atoms with E-state index in [0.29, 0.717) is 6.42 Å². The number of hydrogen-bond acceptors (Lipinski definition) is 2. The Balaban J connectivity index is 1.73. The maximum atomic E-state index is 10.3. The lowest BCUT2D eigenvalue weighted by molar-refractivity contribution is 0.167. The molecular formula is C18H17NO. The van der Waals surface area contributed by atoms with Crippen LogP contribution in [0.1, 0.15) is 23.7 Å².